The fraction of sp³-hybridized carbons (Fsp3) is 0.538. The molecule has 1 heterocycles. The average Bonchev–Trinajstić information content (AvgIpc) is 2.74. The number of thiophene rings is 1. The van der Waals surface area contributed by atoms with E-state index in [-0.39, 0.29) is 6.42 Å². The summed E-state index contributed by atoms with van der Waals surface area (Å²) in [7, 11) is 1.86. The highest BCUT2D eigenvalue weighted by atomic mass is 32.1. The number of rotatable bonds is 4. The SMILES string of the molecule is CN(CCC(=O)O)c1sc2c(c1C#N)CCCC2. The van der Waals surface area contributed by atoms with Crippen LogP contribution in [0.2, 0.25) is 0 Å². The van der Waals surface area contributed by atoms with Crippen LogP contribution in [0.4, 0.5) is 5.00 Å². The summed E-state index contributed by atoms with van der Waals surface area (Å²) in [5, 5.41) is 18.9. The van der Waals surface area contributed by atoms with Gasteiger partial charge in [-0.2, -0.15) is 5.26 Å². The van der Waals surface area contributed by atoms with Crippen LogP contribution in [-0.4, -0.2) is 24.7 Å². The van der Waals surface area contributed by atoms with Gasteiger partial charge in [0.15, 0.2) is 0 Å². The quantitative estimate of drug-likeness (QED) is 0.907. The Hall–Kier alpha value is -1.54. The third-order valence-electron chi connectivity index (χ3n) is 3.27. The summed E-state index contributed by atoms with van der Waals surface area (Å²) in [6, 6.07) is 2.29. The van der Waals surface area contributed by atoms with Crippen molar-refractivity contribution in [2.45, 2.75) is 32.1 Å². The van der Waals surface area contributed by atoms with Crippen molar-refractivity contribution in [1.82, 2.24) is 0 Å². The van der Waals surface area contributed by atoms with Crippen LogP contribution in [-0.2, 0) is 17.6 Å². The molecule has 0 unspecified atom stereocenters. The van der Waals surface area contributed by atoms with Gasteiger partial charge in [0.1, 0.15) is 11.1 Å². The monoisotopic (exact) mass is 264 g/mol. The topological polar surface area (TPSA) is 64.3 Å². The molecule has 4 nitrogen and oxygen atoms in total. The summed E-state index contributed by atoms with van der Waals surface area (Å²) in [6.45, 7) is 0.448. The van der Waals surface area contributed by atoms with Gasteiger partial charge < -0.3 is 10.0 Å². The fourth-order valence-corrected chi connectivity index (χ4v) is 3.63. The van der Waals surface area contributed by atoms with Crippen LogP contribution in [0.3, 0.4) is 0 Å². The molecule has 0 amide bonds. The maximum Gasteiger partial charge on any atom is 0.305 e. The van der Waals surface area contributed by atoms with E-state index in [4.69, 9.17) is 5.11 Å². The van der Waals surface area contributed by atoms with Crippen LogP contribution in [0.1, 0.15) is 35.3 Å². The van der Waals surface area contributed by atoms with Crippen molar-refractivity contribution in [3.63, 3.8) is 0 Å². The molecule has 0 spiro atoms. The summed E-state index contributed by atoms with van der Waals surface area (Å²) in [5.74, 6) is -0.804. The Morgan fingerprint density at radius 2 is 2.22 bits per heavy atom. The largest absolute Gasteiger partial charge is 0.481 e. The molecule has 96 valence electrons. The van der Waals surface area contributed by atoms with E-state index in [1.165, 1.54) is 16.9 Å². The molecule has 0 saturated heterocycles. The number of hydrogen-bond donors (Lipinski definition) is 1. The van der Waals surface area contributed by atoms with E-state index >= 15 is 0 Å². The number of carboxylic acids is 1. The van der Waals surface area contributed by atoms with E-state index in [1.807, 2.05) is 11.9 Å². The Bertz CT molecular complexity index is 502. The molecule has 1 aliphatic carbocycles. The molecule has 0 aliphatic heterocycles. The van der Waals surface area contributed by atoms with Gasteiger partial charge >= 0.3 is 5.97 Å². The summed E-state index contributed by atoms with van der Waals surface area (Å²) >= 11 is 1.66. The van der Waals surface area contributed by atoms with E-state index in [9.17, 15) is 10.1 Å². The van der Waals surface area contributed by atoms with Crippen molar-refractivity contribution < 1.29 is 9.90 Å². The summed E-state index contributed by atoms with van der Waals surface area (Å²) < 4.78 is 0. The van der Waals surface area contributed by atoms with Crippen molar-refractivity contribution in [3.8, 4) is 6.07 Å². The third kappa shape index (κ3) is 2.49. The fourth-order valence-electron chi connectivity index (χ4n) is 2.30. The Kier molecular flexibility index (Phi) is 3.87. The Morgan fingerprint density at radius 1 is 1.50 bits per heavy atom. The second kappa shape index (κ2) is 5.40. The van der Waals surface area contributed by atoms with E-state index < -0.39 is 5.97 Å². The third-order valence-corrected chi connectivity index (χ3v) is 4.68. The van der Waals surface area contributed by atoms with Gasteiger partial charge in [0.2, 0.25) is 0 Å². The van der Waals surface area contributed by atoms with Crippen LogP contribution in [0.5, 0.6) is 0 Å². The molecular formula is C13H16N2O2S. The van der Waals surface area contributed by atoms with Crippen LogP contribution in [0.15, 0.2) is 0 Å². The maximum atomic E-state index is 10.6. The lowest BCUT2D eigenvalue weighted by Crippen LogP contribution is -2.20. The van der Waals surface area contributed by atoms with Gasteiger partial charge in [0, 0.05) is 18.5 Å². The molecule has 0 aromatic carbocycles. The number of carbonyl (C=O) groups is 1. The maximum absolute atomic E-state index is 10.6. The molecule has 2 rings (SSSR count). The zero-order valence-corrected chi connectivity index (χ0v) is 11.2. The molecule has 1 aromatic rings. The summed E-state index contributed by atoms with van der Waals surface area (Å²) in [4.78, 5) is 13.8. The zero-order valence-electron chi connectivity index (χ0n) is 10.4. The zero-order chi connectivity index (χ0) is 13.1. The Labute approximate surface area is 110 Å². The predicted molar refractivity (Wildman–Crippen MR) is 71.2 cm³/mol. The van der Waals surface area contributed by atoms with Gasteiger partial charge in [-0.05, 0) is 31.2 Å². The molecule has 0 atom stereocenters. The first kappa shape index (κ1) is 12.9. The molecule has 5 heteroatoms. The highest BCUT2D eigenvalue weighted by Gasteiger charge is 2.22. The van der Waals surface area contributed by atoms with E-state index in [2.05, 4.69) is 6.07 Å². The lowest BCUT2D eigenvalue weighted by atomic mass is 9.96. The van der Waals surface area contributed by atoms with E-state index in [1.54, 1.807) is 11.3 Å². The first-order chi connectivity index (χ1) is 8.63. The van der Waals surface area contributed by atoms with Crippen molar-refractivity contribution in [2.75, 3.05) is 18.5 Å². The van der Waals surface area contributed by atoms with Crippen molar-refractivity contribution in [3.05, 3.63) is 16.0 Å². The second-order valence-corrected chi connectivity index (χ2v) is 5.65. The highest BCUT2D eigenvalue weighted by Crippen LogP contribution is 2.39. The number of nitrogens with zero attached hydrogens (tertiary/aromatic N) is 2. The summed E-state index contributed by atoms with van der Waals surface area (Å²) in [5.41, 5.74) is 1.97. The molecule has 18 heavy (non-hydrogen) atoms. The lowest BCUT2D eigenvalue weighted by molar-refractivity contribution is -0.136. The van der Waals surface area contributed by atoms with Gasteiger partial charge in [-0.3, -0.25) is 4.79 Å². The molecule has 0 fully saturated rings. The Balaban J connectivity index is 2.24. The second-order valence-electron chi connectivity index (χ2n) is 4.57. The molecule has 0 saturated carbocycles. The standard InChI is InChI=1S/C13H16N2O2S/c1-15(7-6-12(16)17)13-10(8-14)9-4-2-3-5-11(9)18-13/h2-7H2,1H3,(H,16,17). The first-order valence-electron chi connectivity index (χ1n) is 6.11. The molecule has 1 aromatic heterocycles. The lowest BCUT2D eigenvalue weighted by Gasteiger charge is -2.16. The number of aryl methyl sites for hydroxylation is 1. The number of aliphatic carboxylic acids is 1. The molecule has 0 radical (unpaired) electrons. The van der Waals surface area contributed by atoms with Gasteiger partial charge in [-0.25, -0.2) is 0 Å². The van der Waals surface area contributed by atoms with Crippen molar-refractivity contribution in [1.29, 1.82) is 5.26 Å². The smallest absolute Gasteiger partial charge is 0.305 e. The number of hydrogen-bond acceptors (Lipinski definition) is 4. The number of anilines is 1. The van der Waals surface area contributed by atoms with E-state index in [0.717, 1.165) is 29.8 Å². The van der Waals surface area contributed by atoms with Gasteiger partial charge in [0.25, 0.3) is 0 Å². The highest BCUT2D eigenvalue weighted by molar-refractivity contribution is 7.16. The Morgan fingerprint density at radius 3 is 2.89 bits per heavy atom. The van der Waals surface area contributed by atoms with Crippen molar-refractivity contribution in [2.24, 2.45) is 0 Å². The summed E-state index contributed by atoms with van der Waals surface area (Å²) in [6.07, 6.45) is 4.49. The molecule has 1 N–H and O–H groups in total. The number of nitriles is 1. The van der Waals surface area contributed by atoms with Gasteiger partial charge in [0.05, 0.1) is 12.0 Å². The minimum Gasteiger partial charge on any atom is -0.481 e. The first-order valence-corrected chi connectivity index (χ1v) is 6.92. The number of fused-ring (bicyclic) bond motifs is 1. The van der Waals surface area contributed by atoms with Crippen LogP contribution in [0.25, 0.3) is 0 Å². The molecule has 1 aliphatic rings. The number of carboxylic acid groups (broad SMARTS) is 1. The minimum absolute atomic E-state index is 0.101. The predicted octanol–water partition coefficient (Wildman–Crippen LogP) is 2.41. The minimum atomic E-state index is -0.804. The van der Waals surface area contributed by atoms with Crippen molar-refractivity contribution >= 4 is 22.3 Å². The molecular weight excluding hydrogens is 248 g/mol. The normalized spacial score (nSPS) is 13.8. The molecule has 0 bridgehead atoms. The average molecular weight is 264 g/mol. The van der Waals surface area contributed by atoms with Gasteiger partial charge in [-0.1, -0.05) is 0 Å². The van der Waals surface area contributed by atoms with Crippen LogP contribution in [0, 0.1) is 11.3 Å². The van der Waals surface area contributed by atoms with Gasteiger partial charge in [-0.15, -0.1) is 11.3 Å². The van der Waals surface area contributed by atoms with Crippen LogP contribution < -0.4 is 4.90 Å². The van der Waals surface area contributed by atoms with E-state index in [0.29, 0.717) is 6.54 Å². The van der Waals surface area contributed by atoms with Crippen LogP contribution >= 0.6 is 11.3 Å².